The third-order valence-corrected chi connectivity index (χ3v) is 1.22. The first-order valence-corrected chi connectivity index (χ1v) is 3.92. The number of aliphatic hydroxyl groups is 1. The van der Waals surface area contributed by atoms with Crippen LogP contribution in [0.2, 0.25) is 0 Å². The molecule has 2 heteroatoms. The van der Waals surface area contributed by atoms with Crippen molar-refractivity contribution in [3.05, 3.63) is 0 Å². The van der Waals surface area contributed by atoms with Gasteiger partial charge in [-0.05, 0) is 33.6 Å². The first-order chi connectivity index (χ1) is 4.63. The van der Waals surface area contributed by atoms with Crippen LogP contribution in [0.25, 0.3) is 0 Å². The van der Waals surface area contributed by atoms with Crippen LogP contribution in [-0.2, 0) is 4.74 Å². The molecule has 0 saturated heterocycles. The van der Waals surface area contributed by atoms with Crippen LogP contribution in [0.1, 0.15) is 33.6 Å². The van der Waals surface area contributed by atoms with Gasteiger partial charge >= 0.3 is 0 Å². The SMILES string of the molecule is CC(C)OCCC[C@H](C)O. The maximum absolute atomic E-state index is 8.86. The molecule has 1 N–H and O–H groups in total. The molecule has 0 spiro atoms. The Hall–Kier alpha value is -0.0800. The van der Waals surface area contributed by atoms with Crippen molar-refractivity contribution in [2.75, 3.05) is 6.61 Å². The zero-order valence-electron chi connectivity index (χ0n) is 7.13. The van der Waals surface area contributed by atoms with Gasteiger partial charge in [0.15, 0.2) is 0 Å². The predicted octanol–water partition coefficient (Wildman–Crippen LogP) is 1.57. The van der Waals surface area contributed by atoms with Gasteiger partial charge in [0, 0.05) is 6.61 Å². The lowest BCUT2D eigenvalue weighted by molar-refractivity contribution is 0.0672. The van der Waals surface area contributed by atoms with Crippen molar-refractivity contribution in [1.82, 2.24) is 0 Å². The van der Waals surface area contributed by atoms with Crippen LogP contribution in [-0.4, -0.2) is 23.9 Å². The van der Waals surface area contributed by atoms with Crippen LogP contribution >= 0.6 is 0 Å². The van der Waals surface area contributed by atoms with E-state index in [0.29, 0.717) is 6.10 Å². The van der Waals surface area contributed by atoms with E-state index in [-0.39, 0.29) is 6.10 Å². The molecule has 0 unspecified atom stereocenters. The molecule has 0 saturated carbocycles. The second kappa shape index (κ2) is 5.69. The highest BCUT2D eigenvalue weighted by atomic mass is 16.5. The second-order valence-corrected chi connectivity index (χ2v) is 2.91. The van der Waals surface area contributed by atoms with E-state index in [1.165, 1.54) is 0 Å². The largest absolute Gasteiger partial charge is 0.393 e. The Balaban J connectivity index is 2.91. The molecule has 0 aliphatic heterocycles. The van der Waals surface area contributed by atoms with E-state index in [4.69, 9.17) is 9.84 Å². The Morgan fingerprint density at radius 2 is 1.90 bits per heavy atom. The van der Waals surface area contributed by atoms with Crippen molar-refractivity contribution in [3.8, 4) is 0 Å². The van der Waals surface area contributed by atoms with Gasteiger partial charge in [-0.15, -0.1) is 0 Å². The third kappa shape index (κ3) is 7.92. The molecule has 2 nitrogen and oxygen atoms in total. The van der Waals surface area contributed by atoms with Crippen LogP contribution in [0, 0.1) is 0 Å². The highest BCUT2D eigenvalue weighted by molar-refractivity contribution is 4.46. The van der Waals surface area contributed by atoms with E-state index in [1.807, 2.05) is 13.8 Å². The first kappa shape index (κ1) is 9.92. The summed E-state index contributed by atoms with van der Waals surface area (Å²) in [7, 11) is 0. The van der Waals surface area contributed by atoms with Gasteiger partial charge in [0.1, 0.15) is 0 Å². The Kier molecular flexibility index (Phi) is 5.64. The predicted molar refractivity (Wildman–Crippen MR) is 42.0 cm³/mol. The molecule has 0 amide bonds. The fraction of sp³-hybridized carbons (Fsp3) is 1.00. The molecule has 0 aromatic heterocycles. The molecular weight excluding hydrogens is 128 g/mol. The van der Waals surface area contributed by atoms with Crippen LogP contribution in [0.5, 0.6) is 0 Å². The van der Waals surface area contributed by atoms with E-state index in [0.717, 1.165) is 19.4 Å². The molecule has 0 rings (SSSR count). The molecule has 0 heterocycles. The summed E-state index contributed by atoms with van der Waals surface area (Å²) >= 11 is 0. The van der Waals surface area contributed by atoms with Gasteiger partial charge in [-0.1, -0.05) is 0 Å². The lowest BCUT2D eigenvalue weighted by atomic mass is 10.2. The van der Waals surface area contributed by atoms with Crippen LogP contribution in [0.3, 0.4) is 0 Å². The molecule has 0 bridgehead atoms. The van der Waals surface area contributed by atoms with Gasteiger partial charge in [0.2, 0.25) is 0 Å². The van der Waals surface area contributed by atoms with Gasteiger partial charge in [-0.2, -0.15) is 0 Å². The van der Waals surface area contributed by atoms with Gasteiger partial charge in [-0.25, -0.2) is 0 Å². The Labute approximate surface area is 63.2 Å². The lowest BCUT2D eigenvalue weighted by Crippen LogP contribution is -2.06. The molecule has 0 aliphatic rings. The normalized spacial score (nSPS) is 14.1. The minimum Gasteiger partial charge on any atom is -0.393 e. The topological polar surface area (TPSA) is 29.5 Å². The summed E-state index contributed by atoms with van der Waals surface area (Å²) in [6.45, 7) is 6.60. The molecule has 0 aromatic carbocycles. The van der Waals surface area contributed by atoms with E-state index < -0.39 is 0 Å². The summed E-state index contributed by atoms with van der Waals surface area (Å²) in [6.07, 6.45) is 1.92. The minimum atomic E-state index is -0.184. The summed E-state index contributed by atoms with van der Waals surface area (Å²) in [5.74, 6) is 0. The van der Waals surface area contributed by atoms with Crippen molar-refractivity contribution in [2.45, 2.75) is 45.8 Å². The Morgan fingerprint density at radius 3 is 2.30 bits per heavy atom. The zero-order valence-corrected chi connectivity index (χ0v) is 7.13. The van der Waals surface area contributed by atoms with Crippen molar-refractivity contribution in [2.24, 2.45) is 0 Å². The Morgan fingerprint density at radius 1 is 1.30 bits per heavy atom. The average molecular weight is 146 g/mol. The first-order valence-electron chi connectivity index (χ1n) is 3.92. The lowest BCUT2D eigenvalue weighted by Gasteiger charge is -2.07. The number of hydrogen-bond donors (Lipinski definition) is 1. The molecule has 0 radical (unpaired) electrons. The summed E-state index contributed by atoms with van der Waals surface area (Å²) in [5, 5.41) is 8.86. The Bertz CT molecular complexity index is 59.7. The van der Waals surface area contributed by atoms with Crippen molar-refractivity contribution in [1.29, 1.82) is 0 Å². The van der Waals surface area contributed by atoms with Gasteiger partial charge in [-0.3, -0.25) is 0 Å². The summed E-state index contributed by atoms with van der Waals surface area (Å²) in [5.41, 5.74) is 0. The van der Waals surface area contributed by atoms with Gasteiger partial charge in [0.05, 0.1) is 12.2 Å². The van der Waals surface area contributed by atoms with Crippen LogP contribution < -0.4 is 0 Å². The standard InChI is InChI=1S/C8H18O2/c1-7(2)10-6-4-5-8(3)9/h7-9H,4-6H2,1-3H3/t8-/m0/s1. The summed E-state index contributed by atoms with van der Waals surface area (Å²) in [4.78, 5) is 0. The monoisotopic (exact) mass is 146 g/mol. The summed E-state index contributed by atoms with van der Waals surface area (Å²) < 4.78 is 5.28. The zero-order chi connectivity index (χ0) is 7.98. The molecule has 0 fully saturated rings. The number of ether oxygens (including phenoxy) is 1. The number of hydrogen-bond acceptors (Lipinski definition) is 2. The van der Waals surface area contributed by atoms with E-state index in [1.54, 1.807) is 6.92 Å². The van der Waals surface area contributed by atoms with Gasteiger partial charge < -0.3 is 9.84 Å². The fourth-order valence-electron chi connectivity index (χ4n) is 0.698. The van der Waals surface area contributed by atoms with Crippen LogP contribution in [0.4, 0.5) is 0 Å². The van der Waals surface area contributed by atoms with E-state index in [2.05, 4.69) is 0 Å². The average Bonchev–Trinajstić information content (AvgIpc) is 1.79. The fourth-order valence-corrected chi connectivity index (χ4v) is 0.698. The molecule has 0 aromatic rings. The summed E-state index contributed by atoms with van der Waals surface area (Å²) in [6, 6.07) is 0. The third-order valence-electron chi connectivity index (χ3n) is 1.22. The molecular formula is C8H18O2. The van der Waals surface area contributed by atoms with Gasteiger partial charge in [0.25, 0.3) is 0 Å². The van der Waals surface area contributed by atoms with Crippen molar-refractivity contribution in [3.63, 3.8) is 0 Å². The minimum absolute atomic E-state index is 0.184. The number of rotatable bonds is 5. The number of aliphatic hydroxyl groups excluding tert-OH is 1. The molecule has 62 valence electrons. The van der Waals surface area contributed by atoms with E-state index in [9.17, 15) is 0 Å². The highest BCUT2D eigenvalue weighted by Crippen LogP contribution is 1.97. The smallest absolute Gasteiger partial charge is 0.0518 e. The highest BCUT2D eigenvalue weighted by Gasteiger charge is 1.96. The molecule has 1 atom stereocenters. The van der Waals surface area contributed by atoms with Crippen molar-refractivity contribution < 1.29 is 9.84 Å². The van der Waals surface area contributed by atoms with E-state index >= 15 is 0 Å². The maximum Gasteiger partial charge on any atom is 0.0518 e. The molecule has 0 aliphatic carbocycles. The van der Waals surface area contributed by atoms with Crippen molar-refractivity contribution >= 4 is 0 Å². The quantitative estimate of drug-likeness (QED) is 0.597. The maximum atomic E-state index is 8.86. The van der Waals surface area contributed by atoms with Crippen LogP contribution in [0.15, 0.2) is 0 Å². The second-order valence-electron chi connectivity index (χ2n) is 2.91. The molecule has 10 heavy (non-hydrogen) atoms.